The smallest absolute Gasteiger partial charge is 0.0781 e. The Bertz CT molecular complexity index is 1450. The Labute approximate surface area is 188 Å². The van der Waals surface area contributed by atoms with E-state index in [9.17, 15) is 0 Å². The van der Waals surface area contributed by atoms with Gasteiger partial charge in [-0.2, -0.15) is 0 Å². The SMILES string of the molecule is Cc1cc2c(C(C)(C)C)cc(-c3nccc4c3ccc3c(C(C)C)cccc34)cc2s1. The second-order valence-corrected chi connectivity index (χ2v) is 11.2. The number of benzene rings is 3. The van der Waals surface area contributed by atoms with E-state index in [-0.39, 0.29) is 5.41 Å². The molecule has 0 aliphatic heterocycles. The van der Waals surface area contributed by atoms with Gasteiger partial charge >= 0.3 is 0 Å². The van der Waals surface area contributed by atoms with Crippen molar-refractivity contribution in [1.82, 2.24) is 4.98 Å². The number of aromatic nitrogens is 1. The fourth-order valence-electron chi connectivity index (χ4n) is 4.80. The molecule has 0 amide bonds. The number of hydrogen-bond acceptors (Lipinski definition) is 2. The van der Waals surface area contributed by atoms with Crippen LogP contribution >= 0.6 is 11.3 Å². The Balaban J connectivity index is 1.83. The van der Waals surface area contributed by atoms with Crippen LogP contribution in [0.3, 0.4) is 0 Å². The lowest BCUT2D eigenvalue weighted by Gasteiger charge is -2.22. The number of rotatable bonds is 2. The van der Waals surface area contributed by atoms with Crippen LogP contribution in [0.1, 0.15) is 56.5 Å². The molecule has 0 atom stereocenters. The highest BCUT2D eigenvalue weighted by Gasteiger charge is 2.21. The van der Waals surface area contributed by atoms with Crippen LogP contribution in [0.15, 0.2) is 60.8 Å². The van der Waals surface area contributed by atoms with E-state index >= 15 is 0 Å². The molecule has 3 aromatic carbocycles. The molecule has 0 spiro atoms. The van der Waals surface area contributed by atoms with Crippen LogP contribution in [0.5, 0.6) is 0 Å². The number of nitrogens with zero attached hydrogens (tertiary/aromatic N) is 1. The van der Waals surface area contributed by atoms with Crippen LogP contribution < -0.4 is 0 Å². The monoisotopic (exact) mass is 423 g/mol. The number of aryl methyl sites for hydroxylation is 1. The van der Waals surface area contributed by atoms with Crippen molar-refractivity contribution in [3.05, 3.63) is 76.8 Å². The van der Waals surface area contributed by atoms with Gasteiger partial charge in [-0.25, -0.2) is 0 Å². The zero-order chi connectivity index (χ0) is 21.9. The Morgan fingerprint density at radius 1 is 0.806 bits per heavy atom. The molecule has 0 unspecified atom stereocenters. The average Bonchev–Trinajstić information content (AvgIpc) is 3.10. The molecular formula is C29H29NS. The second-order valence-electron chi connectivity index (χ2n) is 9.96. The van der Waals surface area contributed by atoms with E-state index in [4.69, 9.17) is 4.98 Å². The van der Waals surface area contributed by atoms with E-state index in [1.54, 1.807) is 0 Å². The van der Waals surface area contributed by atoms with Crippen LogP contribution in [-0.2, 0) is 5.41 Å². The second kappa shape index (κ2) is 7.17. The number of pyridine rings is 1. The van der Waals surface area contributed by atoms with Crippen molar-refractivity contribution >= 4 is 43.0 Å². The molecule has 0 aliphatic rings. The molecule has 2 heterocycles. The molecule has 0 fully saturated rings. The first kappa shape index (κ1) is 20.2. The third kappa shape index (κ3) is 3.34. The summed E-state index contributed by atoms with van der Waals surface area (Å²) in [4.78, 5) is 6.24. The molecule has 0 bridgehead atoms. The van der Waals surface area contributed by atoms with Gasteiger partial charge < -0.3 is 0 Å². The highest BCUT2D eigenvalue weighted by atomic mass is 32.1. The van der Waals surface area contributed by atoms with Gasteiger partial charge in [-0.05, 0) is 75.2 Å². The maximum Gasteiger partial charge on any atom is 0.0781 e. The minimum Gasteiger partial charge on any atom is -0.256 e. The van der Waals surface area contributed by atoms with Crippen molar-refractivity contribution in [3.8, 4) is 11.3 Å². The molecule has 2 heteroatoms. The van der Waals surface area contributed by atoms with Gasteiger partial charge in [0.1, 0.15) is 0 Å². The predicted octanol–water partition coefficient (Wildman–Crippen LogP) is 9.00. The summed E-state index contributed by atoms with van der Waals surface area (Å²) in [6, 6.07) is 20.5. The highest BCUT2D eigenvalue weighted by Crippen LogP contribution is 2.40. The fraction of sp³-hybridized carbons (Fsp3) is 0.276. The lowest BCUT2D eigenvalue weighted by Crippen LogP contribution is -2.11. The van der Waals surface area contributed by atoms with E-state index in [1.165, 1.54) is 53.2 Å². The molecule has 0 aliphatic carbocycles. The third-order valence-corrected chi connectivity index (χ3v) is 7.30. The Hall–Kier alpha value is -2.71. The molecule has 0 saturated heterocycles. The maximum absolute atomic E-state index is 4.88. The van der Waals surface area contributed by atoms with Gasteiger partial charge in [0.15, 0.2) is 0 Å². The van der Waals surface area contributed by atoms with Gasteiger partial charge in [0.2, 0.25) is 0 Å². The first-order chi connectivity index (χ1) is 14.7. The Morgan fingerprint density at radius 3 is 2.29 bits per heavy atom. The van der Waals surface area contributed by atoms with Gasteiger partial charge in [0, 0.05) is 26.7 Å². The van der Waals surface area contributed by atoms with E-state index in [2.05, 4.69) is 96.1 Å². The van der Waals surface area contributed by atoms with Crippen LogP contribution in [0.4, 0.5) is 0 Å². The van der Waals surface area contributed by atoms with Gasteiger partial charge in [0.05, 0.1) is 5.69 Å². The first-order valence-corrected chi connectivity index (χ1v) is 11.9. The van der Waals surface area contributed by atoms with Gasteiger partial charge in [-0.1, -0.05) is 65.0 Å². The van der Waals surface area contributed by atoms with E-state index in [0.717, 1.165) is 5.69 Å². The molecule has 31 heavy (non-hydrogen) atoms. The molecule has 0 radical (unpaired) electrons. The summed E-state index contributed by atoms with van der Waals surface area (Å²) in [5, 5.41) is 6.55. The highest BCUT2D eigenvalue weighted by molar-refractivity contribution is 7.19. The summed E-state index contributed by atoms with van der Waals surface area (Å²) in [5.74, 6) is 0.501. The molecule has 1 nitrogen and oxygen atoms in total. The van der Waals surface area contributed by atoms with Crippen LogP contribution in [-0.4, -0.2) is 4.98 Å². The van der Waals surface area contributed by atoms with Crippen molar-refractivity contribution in [2.75, 3.05) is 0 Å². The maximum atomic E-state index is 4.88. The topological polar surface area (TPSA) is 12.9 Å². The van der Waals surface area contributed by atoms with E-state index < -0.39 is 0 Å². The summed E-state index contributed by atoms with van der Waals surface area (Å²) in [6.45, 7) is 13.6. The summed E-state index contributed by atoms with van der Waals surface area (Å²) in [5.41, 5.74) is 5.16. The zero-order valence-corrected chi connectivity index (χ0v) is 20.0. The van der Waals surface area contributed by atoms with Crippen molar-refractivity contribution < 1.29 is 0 Å². The van der Waals surface area contributed by atoms with Gasteiger partial charge in [-0.3, -0.25) is 4.98 Å². The number of hydrogen-bond donors (Lipinski definition) is 0. The molecule has 5 aromatic rings. The van der Waals surface area contributed by atoms with Crippen molar-refractivity contribution in [2.45, 2.75) is 52.9 Å². The molecule has 156 valence electrons. The average molecular weight is 424 g/mol. The van der Waals surface area contributed by atoms with Crippen LogP contribution in [0.25, 0.3) is 42.9 Å². The first-order valence-electron chi connectivity index (χ1n) is 11.1. The molecule has 5 rings (SSSR count). The lowest BCUT2D eigenvalue weighted by atomic mass is 9.83. The van der Waals surface area contributed by atoms with E-state index in [1.807, 2.05) is 17.5 Å². The van der Waals surface area contributed by atoms with Crippen LogP contribution in [0, 0.1) is 6.92 Å². The quantitative estimate of drug-likeness (QED) is 0.258. The van der Waals surface area contributed by atoms with Crippen LogP contribution in [0.2, 0.25) is 0 Å². The van der Waals surface area contributed by atoms with Gasteiger partial charge in [-0.15, -0.1) is 11.3 Å². The van der Waals surface area contributed by atoms with Gasteiger partial charge in [0.25, 0.3) is 0 Å². The minimum absolute atomic E-state index is 0.0746. The Kier molecular flexibility index (Phi) is 4.67. The fourth-order valence-corrected chi connectivity index (χ4v) is 5.79. The summed E-state index contributed by atoms with van der Waals surface area (Å²) < 4.78 is 1.35. The summed E-state index contributed by atoms with van der Waals surface area (Å²) >= 11 is 1.88. The lowest BCUT2D eigenvalue weighted by molar-refractivity contribution is 0.596. The van der Waals surface area contributed by atoms with Crippen molar-refractivity contribution in [1.29, 1.82) is 0 Å². The normalized spacial score (nSPS) is 12.5. The molecule has 2 aromatic heterocycles. The minimum atomic E-state index is 0.0746. The predicted molar refractivity (Wildman–Crippen MR) is 138 cm³/mol. The third-order valence-electron chi connectivity index (χ3n) is 6.30. The van der Waals surface area contributed by atoms with Crippen molar-refractivity contribution in [2.24, 2.45) is 0 Å². The van der Waals surface area contributed by atoms with E-state index in [0.29, 0.717) is 5.92 Å². The largest absolute Gasteiger partial charge is 0.256 e. The zero-order valence-electron chi connectivity index (χ0n) is 19.2. The number of thiophene rings is 1. The summed E-state index contributed by atoms with van der Waals surface area (Å²) in [7, 11) is 0. The molecular weight excluding hydrogens is 394 g/mol. The summed E-state index contributed by atoms with van der Waals surface area (Å²) in [6.07, 6.45) is 1.97. The molecule has 0 saturated carbocycles. The molecule has 0 N–H and O–H groups in total. The van der Waals surface area contributed by atoms with Crippen molar-refractivity contribution in [3.63, 3.8) is 0 Å². The standard InChI is InChI=1S/C29H29NS/c1-17(2)20-8-7-9-21-22(20)10-11-24-23(21)12-13-30-28(24)19-15-26(29(4,5)6)25-14-18(3)31-27(25)16-19/h7-17H,1-6H3. The number of fused-ring (bicyclic) bond motifs is 4. The Morgan fingerprint density at radius 2 is 1.55 bits per heavy atom.